The van der Waals surface area contributed by atoms with Gasteiger partial charge in [0.25, 0.3) is 0 Å². The Morgan fingerprint density at radius 2 is 1.41 bits per heavy atom. The molecule has 1 aromatic rings. The summed E-state index contributed by atoms with van der Waals surface area (Å²) in [5.74, 6) is -4.92. The van der Waals surface area contributed by atoms with Crippen LogP contribution in [-0.2, 0) is 30.4 Å². The van der Waals surface area contributed by atoms with Gasteiger partial charge in [0.15, 0.2) is 0 Å². The van der Waals surface area contributed by atoms with E-state index in [4.69, 9.17) is 10.8 Å². The molecule has 1 aromatic carbocycles. The van der Waals surface area contributed by atoms with Crippen molar-refractivity contribution in [3.05, 3.63) is 35.9 Å². The van der Waals surface area contributed by atoms with Gasteiger partial charge in [0.05, 0.1) is 12.5 Å². The lowest BCUT2D eigenvalue weighted by molar-refractivity contribution is -0.142. The number of nitrogens with one attached hydrogen (secondary N) is 3. The summed E-state index contributed by atoms with van der Waals surface area (Å²) >= 11 is 4.05. The fraction of sp³-hybridized carbons (Fsp3) is 0.500. The van der Waals surface area contributed by atoms with Gasteiger partial charge in [0, 0.05) is 12.2 Å². The summed E-state index contributed by atoms with van der Waals surface area (Å²) in [6, 6.07) is 3.93. The van der Waals surface area contributed by atoms with Crippen molar-refractivity contribution in [1.29, 1.82) is 0 Å². The number of hydrogen-bond donors (Lipinski definition) is 7. The van der Waals surface area contributed by atoms with Gasteiger partial charge in [-0.1, -0.05) is 44.2 Å². The molecule has 12 heteroatoms. The lowest BCUT2D eigenvalue weighted by Gasteiger charge is -2.25. The Morgan fingerprint density at radius 1 is 0.882 bits per heavy atom. The molecule has 0 fully saturated rings. The minimum atomic E-state index is -1.37. The molecule has 7 N–H and O–H groups in total. The molecule has 4 atom stereocenters. The average molecular weight is 497 g/mol. The maximum absolute atomic E-state index is 13.0. The monoisotopic (exact) mass is 496 g/mol. The number of carbonyl (C=O) groups is 5. The van der Waals surface area contributed by atoms with Crippen LogP contribution in [0.4, 0.5) is 0 Å². The van der Waals surface area contributed by atoms with Gasteiger partial charge < -0.3 is 31.9 Å². The van der Waals surface area contributed by atoms with Crippen molar-refractivity contribution < 1.29 is 34.2 Å². The summed E-state index contributed by atoms with van der Waals surface area (Å²) in [5.41, 5.74) is 6.24. The lowest BCUT2D eigenvalue weighted by Crippen LogP contribution is -2.58. The largest absolute Gasteiger partial charge is 0.481 e. The van der Waals surface area contributed by atoms with E-state index < -0.39 is 60.2 Å². The van der Waals surface area contributed by atoms with Crippen molar-refractivity contribution >= 4 is 42.3 Å². The Hall–Kier alpha value is -3.12. The van der Waals surface area contributed by atoms with Gasteiger partial charge in [-0.3, -0.25) is 19.2 Å². The summed E-state index contributed by atoms with van der Waals surface area (Å²) in [6.07, 6.45) is -0.361. The Labute approximate surface area is 203 Å². The van der Waals surface area contributed by atoms with Crippen LogP contribution in [0, 0.1) is 5.92 Å². The Morgan fingerprint density at radius 3 is 1.91 bits per heavy atom. The van der Waals surface area contributed by atoms with E-state index >= 15 is 0 Å². The molecule has 11 nitrogen and oxygen atoms in total. The SMILES string of the molecule is CC(C)CC(NC(=O)C(Cc1ccccc1)NC(=O)C(CS)NC(=O)C(N)CC(=O)O)C(=O)O. The zero-order valence-electron chi connectivity index (χ0n) is 19.1. The molecule has 0 aliphatic rings. The van der Waals surface area contributed by atoms with Crippen LogP contribution in [0.2, 0.25) is 0 Å². The number of aliphatic carboxylic acids is 2. The molecule has 0 aliphatic carbocycles. The molecular weight excluding hydrogens is 464 g/mol. The number of benzene rings is 1. The van der Waals surface area contributed by atoms with E-state index in [0.29, 0.717) is 5.56 Å². The third-order valence-electron chi connectivity index (χ3n) is 4.78. The number of carboxylic acid groups (broad SMARTS) is 2. The molecule has 0 heterocycles. The van der Waals surface area contributed by atoms with E-state index in [1.54, 1.807) is 30.3 Å². The Balaban J connectivity index is 3.01. The molecule has 0 aliphatic heterocycles. The number of carboxylic acids is 2. The molecule has 0 spiro atoms. The lowest BCUT2D eigenvalue weighted by atomic mass is 10.0. The molecule has 0 saturated heterocycles. The van der Waals surface area contributed by atoms with Crippen LogP contribution in [0.5, 0.6) is 0 Å². The predicted molar refractivity (Wildman–Crippen MR) is 127 cm³/mol. The molecule has 0 radical (unpaired) electrons. The van der Waals surface area contributed by atoms with Crippen LogP contribution < -0.4 is 21.7 Å². The van der Waals surface area contributed by atoms with Gasteiger partial charge in [-0.25, -0.2) is 4.79 Å². The molecule has 3 amide bonds. The van der Waals surface area contributed by atoms with Gasteiger partial charge >= 0.3 is 11.9 Å². The summed E-state index contributed by atoms with van der Waals surface area (Å²) in [6.45, 7) is 3.64. The van der Waals surface area contributed by atoms with Crippen LogP contribution in [-0.4, -0.2) is 69.8 Å². The summed E-state index contributed by atoms with van der Waals surface area (Å²) in [5, 5.41) is 25.6. The fourth-order valence-corrected chi connectivity index (χ4v) is 3.31. The highest BCUT2D eigenvalue weighted by Gasteiger charge is 2.30. The zero-order valence-corrected chi connectivity index (χ0v) is 20.0. The van der Waals surface area contributed by atoms with Crippen molar-refractivity contribution in [2.24, 2.45) is 11.7 Å². The highest BCUT2D eigenvalue weighted by atomic mass is 32.1. The second-order valence-corrected chi connectivity index (χ2v) is 8.59. The maximum atomic E-state index is 13.0. The number of thiol groups is 1. The fourth-order valence-electron chi connectivity index (χ4n) is 3.05. The van der Waals surface area contributed by atoms with E-state index in [1.807, 2.05) is 13.8 Å². The van der Waals surface area contributed by atoms with E-state index in [9.17, 15) is 29.1 Å². The van der Waals surface area contributed by atoms with Crippen molar-refractivity contribution in [3.63, 3.8) is 0 Å². The highest BCUT2D eigenvalue weighted by Crippen LogP contribution is 2.08. The topological polar surface area (TPSA) is 188 Å². The van der Waals surface area contributed by atoms with Crippen LogP contribution in [0.25, 0.3) is 0 Å². The van der Waals surface area contributed by atoms with E-state index in [1.165, 1.54) is 0 Å². The summed E-state index contributed by atoms with van der Waals surface area (Å²) in [4.78, 5) is 60.3. The van der Waals surface area contributed by atoms with Crippen LogP contribution in [0.3, 0.4) is 0 Å². The predicted octanol–water partition coefficient (Wildman–Crippen LogP) is -0.454. The first kappa shape index (κ1) is 28.9. The standard InChI is InChI=1S/C22H32N4O7S/c1-12(2)8-16(22(32)33)25-20(30)15(9-13-6-4-3-5-7-13)24-21(31)17(11-34)26-19(29)14(23)10-18(27)28/h3-7,12,14-17,34H,8-11,23H2,1-2H3,(H,24,31)(H,25,30)(H,26,29)(H,27,28)(H,32,33). The van der Waals surface area contributed by atoms with Crippen LogP contribution in [0.15, 0.2) is 30.3 Å². The first-order valence-electron chi connectivity index (χ1n) is 10.7. The highest BCUT2D eigenvalue weighted by molar-refractivity contribution is 7.80. The normalized spacial score (nSPS) is 14.4. The molecule has 4 unspecified atom stereocenters. The van der Waals surface area contributed by atoms with E-state index in [0.717, 1.165) is 0 Å². The maximum Gasteiger partial charge on any atom is 0.326 e. The van der Waals surface area contributed by atoms with E-state index in [2.05, 4.69) is 28.6 Å². The van der Waals surface area contributed by atoms with Gasteiger partial charge in [-0.05, 0) is 17.9 Å². The number of carbonyl (C=O) groups excluding carboxylic acids is 3. The van der Waals surface area contributed by atoms with Crippen molar-refractivity contribution in [2.45, 2.75) is 57.3 Å². The zero-order chi connectivity index (χ0) is 25.8. The number of rotatable bonds is 14. The molecule has 34 heavy (non-hydrogen) atoms. The smallest absolute Gasteiger partial charge is 0.326 e. The Bertz CT molecular complexity index is 866. The van der Waals surface area contributed by atoms with Crippen LogP contribution in [0.1, 0.15) is 32.3 Å². The molecule has 0 aromatic heterocycles. The quantitative estimate of drug-likeness (QED) is 0.169. The minimum absolute atomic E-state index is 0.00218. The van der Waals surface area contributed by atoms with Crippen molar-refractivity contribution in [1.82, 2.24) is 16.0 Å². The first-order chi connectivity index (χ1) is 15.9. The summed E-state index contributed by atoms with van der Waals surface area (Å²) < 4.78 is 0. The van der Waals surface area contributed by atoms with Gasteiger partial charge in [-0.15, -0.1) is 0 Å². The van der Waals surface area contributed by atoms with Crippen molar-refractivity contribution in [2.75, 3.05) is 5.75 Å². The second-order valence-electron chi connectivity index (χ2n) is 8.23. The number of hydrogen-bond acceptors (Lipinski definition) is 7. The number of nitrogens with two attached hydrogens (primary N) is 1. The summed E-state index contributed by atoms with van der Waals surface area (Å²) in [7, 11) is 0. The third-order valence-corrected chi connectivity index (χ3v) is 5.15. The molecule has 0 bridgehead atoms. The van der Waals surface area contributed by atoms with E-state index in [-0.39, 0.29) is 24.5 Å². The molecule has 1 rings (SSSR count). The first-order valence-corrected chi connectivity index (χ1v) is 11.3. The Kier molecular flexibility index (Phi) is 12.1. The second kappa shape index (κ2) is 14.2. The molecular formula is C22H32N4O7S. The average Bonchev–Trinajstić information content (AvgIpc) is 2.75. The molecule has 188 valence electrons. The van der Waals surface area contributed by atoms with Crippen molar-refractivity contribution in [3.8, 4) is 0 Å². The third kappa shape index (κ3) is 10.2. The molecule has 0 saturated carbocycles. The van der Waals surface area contributed by atoms with Gasteiger partial charge in [-0.2, -0.15) is 12.6 Å². The van der Waals surface area contributed by atoms with Gasteiger partial charge in [0.2, 0.25) is 17.7 Å². The minimum Gasteiger partial charge on any atom is -0.481 e. The van der Waals surface area contributed by atoms with Gasteiger partial charge in [0.1, 0.15) is 18.1 Å². The van der Waals surface area contributed by atoms with Crippen LogP contribution >= 0.6 is 12.6 Å². The number of amides is 3.